The topological polar surface area (TPSA) is 9.23 Å². The highest BCUT2D eigenvalue weighted by Gasteiger charge is 2.14. The van der Waals surface area contributed by atoms with Crippen LogP contribution < -0.4 is 0 Å². The molecule has 1 rings (SSSR count). The third-order valence-electron chi connectivity index (χ3n) is 3.25. The molecule has 0 amide bonds. The molecule has 1 aliphatic heterocycles. The minimum Gasteiger partial charge on any atom is -0.378 e. The first-order chi connectivity index (χ1) is 7.20. The molecule has 15 heavy (non-hydrogen) atoms. The predicted octanol–water partition coefficient (Wildman–Crippen LogP) is 4.38. The molecule has 1 saturated heterocycles. The second-order valence-electron chi connectivity index (χ2n) is 5.03. The first kappa shape index (κ1) is 13.3. The van der Waals surface area contributed by atoms with Crippen molar-refractivity contribution in [1.29, 1.82) is 0 Å². The lowest BCUT2D eigenvalue weighted by Crippen LogP contribution is -2.07. The fourth-order valence-electron chi connectivity index (χ4n) is 2.09. The molecular formula is C13H25ClO. The van der Waals surface area contributed by atoms with Crippen LogP contribution in [-0.4, -0.2) is 18.1 Å². The van der Waals surface area contributed by atoms with E-state index in [0.29, 0.717) is 17.4 Å². The van der Waals surface area contributed by atoms with Gasteiger partial charge in [-0.2, -0.15) is 0 Å². The van der Waals surface area contributed by atoms with Gasteiger partial charge in [0, 0.05) is 12.0 Å². The van der Waals surface area contributed by atoms with Crippen molar-refractivity contribution in [3.05, 3.63) is 0 Å². The fraction of sp³-hybridized carbons (Fsp3) is 1.00. The average molecular weight is 233 g/mol. The van der Waals surface area contributed by atoms with Crippen molar-refractivity contribution in [2.24, 2.45) is 5.92 Å². The zero-order valence-electron chi connectivity index (χ0n) is 10.2. The molecule has 1 nitrogen and oxygen atoms in total. The molecule has 0 bridgehead atoms. The van der Waals surface area contributed by atoms with Gasteiger partial charge in [0.05, 0.1) is 6.10 Å². The zero-order chi connectivity index (χ0) is 11.1. The first-order valence-electron chi connectivity index (χ1n) is 6.46. The normalized spacial score (nSPS) is 23.6. The molecule has 1 heterocycles. The van der Waals surface area contributed by atoms with Gasteiger partial charge < -0.3 is 4.74 Å². The smallest absolute Gasteiger partial charge is 0.0576 e. The van der Waals surface area contributed by atoms with Gasteiger partial charge in [-0.3, -0.25) is 0 Å². The summed E-state index contributed by atoms with van der Waals surface area (Å²) in [5.41, 5.74) is 0. The molecule has 0 aromatic heterocycles. The van der Waals surface area contributed by atoms with Gasteiger partial charge in [-0.1, -0.05) is 33.1 Å². The van der Waals surface area contributed by atoms with Crippen LogP contribution >= 0.6 is 11.6 Å². The molecule has 0 aliphatic carbocycles. The maximum absolute atomic E-state index is 6.20. The SMILES string of the molecule is CC(C)C(Cl)CCCCCC1CCCO1. The second kappa shape index (κ2) is 7.51. The van der Waals surface area contributed by atoms with Crippen molar-refractivity contribution in [2.45, 2.75) is 70.3 Å². The Balaban J connectivity index is 1.88. The third kappa shape index (κ3) is 5.77. The van der Waals surface area contributed by atoms with Gasteiger partial charge >= 0.3 is 0 Å². The highest BCUT2D eigenvalue weighted by molar-refractivity contribution is 6.20. The Kier molecular flexibility index (Phi) is 6.67. The van der Waals surface area contributed by atoms with Crippen molar-refractivity contribution in [2.75, 3.05) is 6.61 Å². The molecule has 1 aliphatic rings. The Hall–Kier alpha value is 0.250. The number of halogens is 1. The molecule has 0 aromatic carbocycles. The lowest BCUT2D eigenvalue weighted by atomic mass is 10.0. The Morgan fingerprint density at radius 3 is 2.67 bits per heavy atom. The van der Waals surface area contributed by atoms with E-state index in [4.69, 9.17) is 16.3 Å². The maximum atomic E-state index is 6.20. The van der Waals surface area contributed by atoms with Crippen molar-refractivity contribution >= 4 is 11.6 Å². The number of hydrogen-bond donors (Lipinski definition) is 0. The Labute approximate surface area is 99.5 Å². The van der Waals surface area contributed by atoms with E-state index in [0.717, 1.165) is 6.61 Å². The van der Waals surface area contributed by atoms with E-state index in [1.54, 1.807) is 0 Å². The van der Waals surface area contributed by atoms with Crippen molar-refractivity contribution in [3.8, 4) is 0 Å². The van der Waals surface area contributed by atoms with Crippen LogP contribution in [0.15, 0.2) is 0 Å². The van der Waals surface area contributed by atoms with Crippen molar-refractivity contribution < 1.29 is 4.74 Å². The largest absolute Gasteiger partial charge is 0.378 e. The summed E-state index contributed by atoms with van der Waals surface area (Å²) >= 11 is 6.20. The van der Waals surface area contributed by atoms with E-state index >= 15 is 0 Å². The Bertz CT molecular complexity index is 149. The van der Waals surface area contributed by atoms with E-state index in [2.05, 4.69) is 13.8 Å². The summed E-state index contributed by atoms with van der Waals surface area (Å²) in [7, 11) is 0. The number of alkyl halides is 1. The number of hydrogen-bond acceptors (Lipinski definition) is 1. The molecular weight excluding hydrogens is 208 g/mol. The van der Waals surface area contributed by atoms with Crippen LogP contribution in [0.2, 0.25) is 0 Å². The second-order valence-corrected chi connectivity index (χ2v) is 5.59. The molecule has 0 radical (unpaired) electrons. The summed E-state index contributed by atoms with van der Waals surface area (Å²) in [6.45, 7) is 5.38. The summed E-state index contributed by atoms with van der Waals surface area (Å²) < 4.78 is 5.59. The van der Waals surface area contributed by atoms with Gasteiger partial charge in [0.1, 0.15) is 0 Å². The molecule has 1 fully saturated rings. The molecule has 0 aromatic rings. The van der Waals surface area contributed by atoms with Crippen LogP contribution in [0.5, 0.6) is 0 Å². The zero-order valence-corrected chi connectivity index (χ0v) is 10.9. The standard InChI is InChI=1S/C13H25ClO/c1-11(2)13(14)9-5-3-4-7-12-8-6-10-15-12/h11-13H,3-10H2,1-2H3. The highest BCUT2D eigenvalue weighted by Crippen LogP contribution is 2.20. The summed E-state index contributed by atoms with van der Waals surface area (Å²) in [5, 5.41) is 0.368. The van der Waals surface area contributed by atoms with Crippen LogP contribution in [-0.2, 0) is 4.74 Å². The minimum atomic E-state index is 0.368. The molecule has 2 atom stereocenters. The van der Waals surface area contributed by atoms with E-state index in [1.165, 1.54) is 44.9 Å². The van der Waals surface area contributed by atoms with Gasteiger partial charge in [-0.15, -0.1) is 11.6 Å². The maximum Gasteiger partial charge on any atom is 0.0576 e. The van der Waals surface area contributed by atoms with E-state index in [-0.39, 0.29) is 0 Å². The van der Waals surface area contributed by atoms with Crippen LogP contribution in [0, 0.1) is 5.92 Å². The van der Waals surface area contributed by atoms with Crippen molar-refractivity contribution in [3.63, 3.8) is 0 Å². The highest BCUT2D eigenvalue weighted by atomic mass is 35.5. The first-order valence-corrected chi connectivity index (χ1v) is 6.89. The quantitative estimate of drug-likeness (QED) is 0.468. The van der Waals surface area contributed by atoms with Crippen LogP contribution in [0.25, 0.3) is 0 Å². The molecule has 0 N–H and O–H groups in total. The van der Waals surface area contributed by atoms with Gasteiger partial charge in [-0.25, -0.2) is 0 Å². The molecule has 2 unspecified atom stereocenters. The number of unbranched alkanes of at least 4 members (excludes halogenated alkanes) is 2. The Morgan fingerprint density at radius 1 is 1.27 bits per heavy atom. The third-order valence-corrected chi connectivity index (χ3v) is 3.98. The van der Waals surface area contributed by atoms with Crippen LogP contribution in [0.4, 0.5) is 0 Å². The van der Waals surface area contributed by atoms with Gasteiger partial charge in [0.25, 0.3) is 0 Å². The van der Waals surface area contributed by atoms with Crippen molar-refractivity contribution in [1.82, 2.24) is 0 Å². The predicted molar refractivity (Wildman–Crippen MR) is 66.5 cm³/mol. The summed E-state index contributed by atoms with van der Waals surface area (Å²) in [5.74, 6) is 0.616. The molecule has 0 saturated carbocycles. The van der Waals surface area contributed by atoms with Gasteiger partial charge in [0.15, 0.2) is 0 Å². The average Bonchev–Trinajstić information content (AvgIpc) is 2.69. The van der Waals surface area contributed by atoms with E-state index in [9.17, 15) is 0 Å². The molecule has 2 heteroatoms. The monoisotopic (exact) mass is 232 g/mol. The minimum absolute atomic E-state index is 0.368. The fourth-order valence-corrected chi connectivity index (χ4v) is 2.25. The number of ether oxygens (including phenoxy) is 1. The summed E-state index contributed by atoms with van der Waals surface area (Å²) in [6.07, 6.45) is 9.45. The molecule has 0 spiro atoms. The van der Waals surface area contributed by atoms with Crippen LogP contribution in [0.1, 0.15) is 58.8 Å². The van der Waals surface area contributed by atoms with E-state index in [1.807, 2.05) is 0 Å². The van der Waals surface area contributed by atoms with Gasteiger partial charge in [0.2, 0.25) is 0 Å². The summed E-state index contributed by atoms with van der Waals surface area (Å²) in [6, 6.07) is 0. The lowest BCUT2D eigenvalue weighted by molar-refractivity contribution is 0.102. The molecule has 90 valence electrons. The lowest BCUT2D eigenvalue weighted by Gasteiger charge is -2.13. The van der Waals surface area contributed by atoms with Gasteiger partial charge in [-0.05, 0) is 31.6 Å². The van der Waals surface area contributed by atoms with Crippen LogP contribution in [0.3, 0.4) is 0 Å². The Morgan fingerprint density at radius 2 is 2.07 bits per heavy atom. The summed E-state index contributed by atoms with van der Waals surface area (Å²) in [4.78, 5) is 0. The van der Waals surface area contributed by atoms with E-state index < -0.39 is 0 Å². The number of rotatable bonds is 7.